The smallest absolute Gasteiger partial charge is 0.256 e. The van der Waals surface area contributed by atoms with Crippen LogP contribution in [0.4, 0.5) is 5.69 Å². The van der Waals surface area contributed by atoms with E-state index in [-0.39, 0.29) is 22.1 Å². The minimum absolute atomic E-state index is 0.0696. The lowest BCUT2D eigenvalue weighted by molar-refractivity contribution is 0.0736. The second-order valence-corrected chi connectivity index (χ2v) is 7.23. The van der Waals surface area contributed by atoms with Crippen LogP contribution in [0.1, 0.15) is 10.4 Å². The van der Waals surface area contributed by atoms with E-state index in [2.05, 4.69) is 5.32 Å². The molecule has 3 N–H and O–H groups in total. The average molecular weight is 312 g/mol. The first kappa shape index (κ1) is 15.7. The number of anilines is 1. The summed E-state index contributed by atoms with van der Waals surface area (Å²) in [7, 11) is -0.690. The van der Waals surface area contributed by atoms with Gasteiger partial charge in [0.1, 0.15) is 0 Å². The number of carbonyl (C=O) groups is 1. The molecule has 2 rings (SSSR count). The van der Waals surface area contributed by atoms with E-state index < -0.39 is 10.0 Å². The quantitative estimate of drug-likeness (QED) is 0.738. The molecule has 1 saturated heterocycles. The summed E-state index contributed by atoms with van der Waals surface area (Å²) in [6.07, 6.45) is 0. The van der Waals surface area contributed by atoms with E-state index in [1.807, 2.05) is 0 Å². The number of hydrogen-bond acceptors (Lipinski definition) is 5. The zero-order valence-electron chi connectivity index (χ0n) is 12.2. The molecule has 0 spiro atoms. The van der Waals surface area contributed by atoms with Crippen LogP contribution in [0.2, 0.25) is 0 Å². The molecule has 21 heavy (non-hydrogen) atoms. The van der Waals surface area contributed by atoms with Crippen molar-refractivity contribution >= 4 is 21.6 Å². The van der Waals surface area contributed by atoms with Crippen molar-refractivity contribution in [2.24, 2.45) is 0 Å². The number of benzene rings is 1. The van der Waals surface area contributed by atoms with Gasteiger partial charge < -0.3 is 16.0 Å². The molecule has 116 valence electrons. The highest BCUT2D eigenvalue weighted by Gasteiger charge is 2.24. The van der Waals surface area contributed by atoms with E-state index in [1.165, 1.54) is 32.3 Å². The predicted octanol–water partition coefficient (Wildman–Crippen LogP) is -0.435. The maximum atomic E-state index is 12.5. The van der Waals surface area contributed by atoms with Gasteiger partial charge in [0.05, 0.1) is 10.5 Å². The minimum Gasteiger partial charge on any atom is -0.398 e. The summed E-state index contributed by atoms with van der Waals surface area (Å²) >= 11 is 0. The number of nitrogens with zero attached hydrogens (tertiary/aromatic N) is 2. The largest absolute Gasteiger partial charge is 0.398 e. The van der Waals surface area contributed by atoms with Gasteiger partial charge in [0.15, 0.2) is 0 Å². The molecule has 1 aliphatic heterocycles. The summed E-state index contributed by atoms with van der Waals surface area (Å²) in [6, 6.07) is 4.24. The van der Waals surface area contributed by atoms with Crippen LogP contribution in [0, 0.1) is 0 Å². The summed E-state index contributed by atoms with van der Waals surface area (Å²) in [4.78, 5) is 14.2. The Morgan fingerprint density at radius 1 is 1.29 bits per heavy atom. The average Bonchev–Trinajstić information content (AvgIpc) is 2.47. The van der Waals surface area contributed by atoms with Gasteiger partial charge in [-0.3, -0.25) is 4.79 Å². The molecule has 0 saturated carbocycles. The van der Waals surface area contributed by atoms with Crippen molar-refractivity contribution in [2.45, 2.75) is 4.90 Å². The molecule has 0 aromatic heterocycles. The van der Waals surface area contributed by atoms with Crippen LogP contribution in [0.5, 0.6) is 0 Å². The molecular formula is C13H20N4O3S. The third-order valence-corrected chi connectivity index (χ3v) is 5.25. The number of nitrogens with one attached hydrogen (secondary N) is 1. The summed E-state index contributed by atoms with van der Waals surface area (Å²) in [6.45, 7) is 2.62. The highest BCUT2D eigenvalue weighted by molar-refractivity contribution is 7.89. The molecule has 1 heterocycles. The molecule has 1 aliphatic rings. The van der Waals surface area contributed by atoms with Gasteiger partial charge in [0.2, 0.25) is 10.0 Å². The molecule has 0 atom stereocenters. The Bertz CT molecular complexity index is 637. The first-order valence-electron chi connectivity index (χ1n) is 6.66. The number of nitrogens with two attached hydrogens (primary N) is 1. The van der Waals surface area contributed by atoms with Gasteiger partial charge in [0, 0.05) is 46.0 Å². The Kier molecular flexibility index (Phi) is 4.50. The number of sulfonamides is 1. The monoisotopic (exact) mass is 312 g/mol. The molecule has 1 fully saturated rings. The van der Waals surface area contributed by atoms with Gasteiger partial charge >= 0.3 is 0 Å². The summed E-state index contributed by atoms with van der Waals surface area (Å²) in [5, 5.41) is 3.16. The first-order chi connectivity index (χ1) is 9.84. The number of nitrogen functional groups attached to an aromatic ring is 1. The number of amides is 1. The maximum absolute atomic E-state index is 12.5. The van der Waals surface area contributed by atoms with Crippen molar-refractivity contribution in [3.05, 3.63) is 23.8 Å². The highest BCUT2D eigenvalue weighted by atomic mass is 32.2. The van der Waals surface area contributed by atoms with E-state index in [1.54, 1.807) is 4.90 Å². The predicted molar refractivity (Wildman–Crippen MR) is 80.5 cm³/mol. The van der Waals surface area contributed by atoms with Gasteiger partial charge in [-0.25, -0.2) is 12.7 Å². The Balaban J connectivity index is 2.37. The Hall–Kier alpha value is -1.64. The van der Waals surface area contributed by atoms with E-state index in [0.29, 0.717) is 13.1 Å². The molecule has 0 bridgehead atoms. The SMILES string of the molecule is CN(C)S(=O)(=O)c1ccc(N)c(C(=O)N2CCNCC2)c1. The van der Waals surface area contributed by atoms with Crippen molar-refractivity contribution in [3.8, 4) is 0 Å². The number of hydrogen-bond donors (Lipinski definition) is 2. The summed E-state index contributed by atoms with van der Waals surface area (Å²) in [5.41, 5.74) is 6.37. The van der Waals surface area contributed by atoms with E-state index in [0.717, 1.165) is 17.4 Å². The van der Waals surface area contributed by atoms with Crippen LogP contribution >= 0.6 is 0 Å². The fraction of sp³-hybridized carbons (Fsp3) is 0.462. The molecule has 8 heteroatoms. The van der Waals surface area contributed by atoms with Crippen molar-refractivity contribution in [3.63, 3.8) is 0 Å². The maximum Gasteiger partial charge on any atom is 0.256 e. The van der Waals surface area contributed by atoms with Gasteiger partial charge in [-0.1, -0.05) is 0 Å². The Labute approximate surface area is 124 Å². The van der Waals surface area contributed by atoms with E-state index >= 15 is 0 Å². The Morgan fingerprint density at radius 2 is 1.90 bits per heavy atom. The first-order valence-corrected chi connectivity index (χ1v) is 8.10. The third kappa shape index (κ3) is 3.17. The minimum atomic E-state index is -3.59. The zero-order chi connectivity index (χ0) is 15.6. The fourth-order valence-electron chi connectivity index (χ4n) is 2.13. The number of rotatable bonds is 3. The molecule has 1 aromatic carbocycles. The summed E-state index contributed by atoms with van der Waals surface area (Å²) in [5.74, 6) is -0.232. The summed E-state index contributed by atoms with van der Waals surface area (Å²) < 4.78 is 25.4. The normalized spacial score (nSPS) is 16.2. The lowest BCUT2D eigenvalue weighted by Crippen LogP contribution is -2.46. The topological polar surface area (TPSA) is 95.7 Å². The highest BCUT2D eigenvalue weighted by Crippen LogP contribution is 2.21. The molecule has 1 amide bonds. The number of piperazine rings is 1. The molecule has 0 aliphatic carbocycles. The lowest BCUT2D eigenvalue weighted by Gasteiger charge is -2.28. The van der Waals surface area contributed by atoms with Gasteiger partial charge in [-0.05, 0) is 18.2 Å². The molecule has 7 nitrogen and oxygen atoms in total. The van der Waals surface area contributed by atoms with Gasteiger partial charge in [-0.2, -0.15) is 0 Å². The van der Waals surface area contributed by atoms with Crippen LogP contribution in [-0.2, 0) is 10.0 Å². The molecule has 0 unspecified atom stereocenters. The van der Waals surface area contributed by atoms with Gasteiger partial charge in [0.25, 0.3) is 5.91 Å². The van der Waals surface area contributed by atoms with E-state index in [9.17, 15) is 13.2 Å². The molecule has 1 aromatic rings. The van der Waals surface area contributed by atoms with Crippen molar-refractivity contribution < 1.29 is 13.2 Å². The second kappa shape index (κ2) is 6.00. The third-order valence-electron chi connectivity index (χ3n) is 3.44. The van der Waals surface area contributed by atoms with E-state index in [4.69, 9.17) is 5.73 Å². The van der Waals surface area contributed by atoms with Crippen LogP contribution in [0.15, 0.2) is 23.1 Å². The zero-order valence-corrected chi connectivity index (χ0v) is 13.0. The molecule has 0 radical (unpaired) electrons. The molecular weight excluding hydrogens is 292 g/mol. The van der Waals surface area contributed by atoms with Crippen molar-refractivity contribution in [1.29, 1.82) is 0 Å². The lowest BCUT2D eigenvalue weighted by atomic mass is 10.1. The van der Waals surface area contributed by atoms with Crippen molar-refractivity contribution in [1.82, 2.24) is 14.5 Å². The standard InChI is InChI=1S/C13H20N4O3S/c1-16(2)21(19,20)10-3-4-12(14)11(9-10)13(18)17-7-5-15-6-8-17/h3-4,9,15H,5-8,14H2,1-2H3. The fourth-order valence-corrected chi connectivity index (χ4v) is 3.06. The Morgan fingerprint density at radius 3 is 2.48 bits per heavy atom. The van der Waals surface area contributed by atoms with Crippen LogP contribution in [0.25, 0.3) is 0 Å². The van der Waals surface area contributed by atoms with Crippen LogP contribution < -0.4 is 11.1 Å². The second-order valence-electron chi connectivity index (χ2n) is 5.08. The van der Waals surface area contributed by atoms with Crippen LogP contribution in [-0.4, -0.2) is 63.8 Å². The van der Waals surface area contributed by atoms with Crippen molar-refractivity contribution in [2.75, 3.05) is 46.0 Å². The van der Waals surface area contributed by atoms with Crippen LogP contribution in [0.3, 0.4) is 0 Å². The van der Waals surface area contributed by atoms with Gasteiger partial charge in [-0.15, -0.1) is 0 Å². The number of carbonyl (C=O) groups excluding carboxylic acids is 1.